The molecule has 0 heterocycles. The molecule has 0 aromatic heterocycles. The Hall–Kier alpha value is -0.330. The summed E-state index contributed by atoms with van der Waals surface area (Å²) in [5.41, 5.74) is 0.280. The lowest BCUT2D eigenvalue weighted by atomic mass is 9.62. The van der Waals surface area contributed by atoms with Crippen LogP contribution in [0.3, 0.4) is 0 Å². The number of carbonyl (C=O) groups excluding carboxylic acids is 1. The molecule has 0 spiro atoms. The van der Waals surface area contributed by atoms with Crippen molar-refractivity contribution in [3.8, 4) is 0 Å². The van der Waals surface area contributed by atoms with Gasteiger partial charge in [-0.1, -0.05) is 48.0 Å². The lowest BCUT2D eigenvalue weighted by Gasteiger charge is -2.41. The highest BCUT2D eigenvalue weighted by molar-refractivity contribution is 5.85. The maximum Gasteiger partial charge on any atom is 0.140 e. The van der Waals surface area contributed by atoms with Crippen molar-refractivity contribution in [1.29, 1.82) is 0 Å². The Morgan fingerprint density at radius 2 is 1.20 bits per heavy atom. The van der Waals surface area contributed by atoms with Crippen molar-refractivity contribution in [3.63, 3.8) is 0 Å². The standard InChI is InChI=1S/C14H26O/c1-13(2,3)10-8-7-9-11(12(10)15)14(4,5)6/h10-11H,7-9H2,1-6H3/t10-,11+. The molecule has 1 saturated carbocycles. The molecule has 1 aliphatic carbocycles. The molecule has 88 valence electrons. The van der Waals surface area contributed by atoms with E-state index < -0.39 is 0 Å². The van der Waals surface area contributed by atoms with Crippen LogP contribution in [0.15, 0.2) is 0 Å². The van der Waals surface area contributed by atoms with Gasteiger partial charge in [-0.05, 0) is 23.7 Å². The molecule has 0 aromatic rings. The Morgan fingerprint density at radius 3 is 1.47 bits per heavy atom. The first-order chi connectivity index (χ1) is 6.64. The quantitative estimate of drug-likeness (QED) is 0.589. The van der Waals surface area contributed by atoms with Crippen LogP contribution in [-0.4, -0.2) is 5.78 Å². The van der Waals surface area contributed by atoms with E-state index in [-0.39, 0.29) is 22.7 Å². The van der Waals surface area contributed by atoms with Gasteiger partial charge in [-0.25, -0.2) is 0 Å². The largest absolute Gasteiger partial charge is 0.299 e. The second-order valence-electron chi connectivity index (χ2n) is 7.17. The van der Waals surface area contributed by atoms with E-state index in [4.69, 9.17) is 0 Å². The molecule has 1 heteroatoms. The topological polar surface area (TPSA) is 17.1 Å². The van der Waals surface area contributed by atoms with Crippen LogP contribution in [0.2, 0.25) is 0 Å². The van der Waals surface area contributed by atoms with Crippen LogP contribution in [0.25, 0.3) is 0 Å². The maximum atomic E-state index is 12.4. The molecule has 1 fully saturated rings. The van der Waals surface area contributed by atoms with E-state index in [2.05, 4.69) is 41.5 Å². The molecule has 1 aliphatic rings. The molecule has 0 aromatic carbocycles. The number of hydrogen-bond acceptors (Lipinski definition) is 1. The smallest absolute Gasteiger partial charge is 0.140 e. The van der Waals surface area contributed by atoms with E-state index in [0.717, 1.165) is 12.8 Å². The first-order valence-electron chi connectivity index (χ1n) is 6.18. The monoisotopic (exact) mass is 210 g/mol. The summed E-state index contributed by atoms with van der Waals surface area (Å²) in [6.45, 7) is 13.2. The van der Waals surface area contributed by atoms with Crippen molar-refractivity contribution in [2.45, 2.75) is 60.8 Å². The van der Waals surface area contributed by atoms with Crippen LogP contribution in [0.5, 0.6) is 0 Å². The van der Waals surface area contributed by atoms with Gasteiger partial charge < -0.3 is 0 Å². The molecular formula is C14H26O. The zero-order valence-corrected chi connectivity index (χ0v) is 11.2. The van der Waals surface area contributed by atoms with Gasteiger partial charge in [0.05, 0.1) is 0 Å². The average molecular weight is 210 g/mol. The van der Waals surface area contributed by atoms with Crippen LogP contribution in [-0.2, 0) is 4.79 Å². The highest BCUT2D eigenvalue weighted by Crippen LogP contribution is 2.43. The van der Waals surface area contributed by atoms with Gasteiger partial charge in [-0.3, -0.25) is 4.79 Å². The molecule has 1 rings (SSSR count). The number of rotatable bonds is 0. The molecule has 0 saturated heterocycles. The first kappa shape index (κ1) is 12.7. The van der Waals surface area contributed by atoms with Crippen LogP contribution in [0, 0.1) is 22.7 Å². The van der Waals surface area contributed by atoms with Crippen molar-refractivity contribution < 1.29 is 4.79 Å². The molecule has 15 heavy (non-hydrogen) atoms. The molecule has 0 N–H and O–H groups in total. The van der Waals surface area contributed by atoms with Gasteiger partial charge in [0.15, 0.2) is 0 Å². The van der Waals surface area contributed by atoms with E-state index in [9.17, 15) is 4.79 Å². The lowest BCUT2D eigenvalue weighted by molar-refractivity contribution is -0.136. The SMILES string of the molecule is CC(C)(C)[C@@H]1CCC[C@H](C(C)(C)C)C1=O. The Bertz CT molecular complexity index is 215. The third kappa shape index (κ3) is 2.83. The van der Waals surface area contributed by atoms with Gasteiger partial charge in [0.2, 0.25) is 0 Å². The van der Waals surface area contributed by atoms with Crippen LogP contribution in [0.4, 0.5) is 0 Å². The second-order valence-corrected chi connectivity index (χ2v) is 7.17. The minimum atomic E-state index is 0.140. The zero-order chi connectivity index (χ0) is 11.9. The minimum absolute atomic E-state index is 0.140. The summed E-state index contributed by atoms with van der Waals surface area (Å²) >= 11 is 0. The lowest BCUT2D eigenvalue weighted by Crippen LogP contribution is -2.41. The van der Waals surface area contributed by atoms with Crippen LogP contribution >= 0.6 is 0 Å². The van der Waals surface area contributed by atoms with Crippen LogP contribution < -0.4 is 0 Å². The Balaban J connectivity index is 2.86. The molecule has 0 unspecified atom stereocenters. The predicted octanol–water partition coefficient (Wildman–Crippen LogP) is 4.06. The Labute approximate surface area is 94.6 Å². The summed E-state index contributed by atoms with van der Waals surface area (Å²) in [6, 6.07) is 0. The van der Waals surface area contributed by atoms with Gasteiger partial charge in [0, 0.05) is 11.8 Å². The van der Waals surface area contributed by atoms with Gasteiger partial charge in [-0.15, -0.1) is 0 Å². The third-order valence-corrected chi connectivity index (χ3v) is 3.76. The Kier molecular flexibility index (Phi) is 3.33. The number of ketones is 1. The highest BCUT2D eigenvalue weighted by Gasteiger charge is 2.42. The van der Waals surface area contributed by atoms with E-state index in [1.54, 1.807) is 0 Å². The molecule has 2 atom stereocenters. The van der Waals surface area contributed by atoms with Crippen molar-refractivity contribution in [2.24, 2.45) is 22.7 Å². The van der Waals surface area contributed by atoms with E-state index >= 15 is 0 Å². The first-order valence-corrected chi connectivity index (χ1v) is 6.18. The summed E-state index contributed by atoms with van der Waals surface area (Å²) in [5.74, 6) is 1.06. The number of carbonyl (C=O) groups is 1. The fourth-order valence-corrected chi connectivity index (χ4v) is 2.77. The highest BCUT2D eigenvalue weighted by atomic mass is 16.1. The van der Waals surface area contributed by atoms with E-state index in [1.165, 1.54) is 6.42 Å². The molecular weight excluding hydrogens is 184 g/mol. The summed E-state index contributed by atoms with van der Waals surface area (Å²) in [6.07, 6.45) is 3.40. The fraction of sp³-hybridized carbons (Fsp3) is 0.929. The van der Waals surface area contributed by atoms with E-state index in [0.29, 0.717) is 5.78 Å². The fourth-order valence-electron chi connectivity index (χ4n) is 2.77. The Morgan fingerprint density at radius 1 is 0.867 bits per heavy atom. The number of Topliss-reactive ketones (excluding diaryl/α,β-unsaturated/α-hetero) is 1. The normalized spacial score (nSPS) is 29.3. The summed E-state index contributed by atoms with van der Waals surface area (Å²) in [7, 11) is 0. The molecule has 0 amide bonds. The van der Waals surface area contributed by atoms with Crippen molar-refractivity contribution in [1.82, 2.24) is 0 Å². The number of hydrogen-bond donors (Lipinski definition) is 0. The summed E-state index contributed by atoms with van der Waals surface area (Å²) < 4.78 is 0. The average Bonchev–Trinajstić information content (AvgIpc) is 1.99. The molecule has 1 nitrogen and oxygen atoms in total. The van der Waals surface area contributed by atoms with Gasteiger partial charge in [0.1, 0.15) is 5.78 Å². The van der Waals surface area contributed by atoms with Gasteiger partial charge in [0.25, 0.3) is 0 Å². The zero-order valence-electron chi connectivity index (χ0n) is 11.2. The molecule has 0 aliphatic heterocycles. The van der Waals surface area contributed by atoms with Gasteiger partial charge in [-0.2, -0.15) is 0 Å². The van der Waals surface area contributed by atoms with Crippen LogP contribution in [0.1, 0.15) is 60.8 Å². The molecule has 0 radical (unpaired) electrons. The summed E-state index contributed by atoms with van der Waals surface area (Å²) in [5, 5.41) is 0. The van der Waals surface area contributed by atoms with Crippen molar-refractivity contribution in [2.75, 3.05) is 0 Å². The third-order valence-electron chi connectivity index (χ3n) is 3.76. The predicted molar refractivity (Wildman–Crippen MR) is 64.7 cm³/mol. The van der Waals surface area contributed by atoms with E-state index in [1.807, 2.05) is 0 Å². The summed E-state index contributed by atoms with van der Waals surface area (Å²) in [4.78, 5) is 12.4. The second kappa shape index (κ2) is 3.92. The molecule has 0 bridgehead atoms. The van der Waals surface area contributed by atoms with Crippen molar-refractivity contribution in [3.05, 3.63) is 0 Å². The maximum absolute atomic E-state index is 12.4. The van der Waals surface area contributed by atoms with Crippen molar-refractivity contribution >= 4 is 5.78 Å². The minimum Gasteiger partial charge on any atom is -0.299 e. The van der Waals surface area contributed by atoms with Gasteiger partial charge >= 0.3 is 0 Å².